The average molecular weight is 361 g/mol. The van der Waals surface area contributed by atoms with E-state index in [2.05, 4.69) is 5.16 Å². The average Bonchev–Trinajstić information content (AvgIpc) is 3.29. The highest BCUT2D eigenvalue weighted by Gasteiger charge is 2.57. The van der Waals surface area contributed by atoms with Crippen molar-refractivity contribution >= 4 is 51.9 Å². The summed E-state index contributed by atoms with van der Waals surface area (Å²) in [7, 11) is 0. The summed E-state index contributed by atoms with van der Waals surface area (Å²) in [4.78, 5) is 44.3. The van der Waals surface area contributed by atoms with Gasteiger partial charge in [-0.1, -0.05) is 35.0 Å². The fourth-order valence-corrected chi connectivity index (χ4v) is 3.66. The molecule has 1 fully saturated rings. The maximum absolute atomic E-state index is 12.8. The highest BCUT2D eigenvalue weighted by molar-refractivity contribution is 7.13. The molecule has 0 saturated carbocycles. The zero-order chi connectivity index (χ0) is 16.8. The van der Waals surface area contributed by atoms with Gasteiger partial charge in [-0.15, -0.1) is 11.3 Å². The standard InChI is InChI=1S/C16H9ClN2O4S/c17-8-4-1-2-5-9(8)19-15(21)11-12(18-23-14(11)16(19)22)13(20)10-6-3-7-24-10/h1-7,11,14H/t11-,14+/m1/s1. The normalized spacial score (nSPS) is 22.4. The number of thiophene rings is 1. The topological polar surface area (TPSA) is 76.0 Å². The smallest absolute Gasteiger partial charge is 0.279 e. The van der Waals surface area contributed by atoms with Crippen LogP contribution in [0.3, 0.4) is 0 Å². The van der Waals surface area contributed by atoms with Crippen LogP contribution in [-0.4, -0.2) is 29.4 Å². The minimum absolute atomic E-state index is 0.0460. The summed E-state index contributed by atoms with van der Waals surface area (Å²) in [6, 6.07) is 9.87. The largest absolute Gasteiger partial charge is 0.381 e. The summed E-state index contributed by atoms with van der Waals surface area (Å²) < 4.78 is 0. The van der Waals surface area contributed by atoms with Crippen LogP contribution >= 0.6 is 22.9 Å². The van der Waals surface area contributed by atoms with E-state index >= 15 is 0 Å². The molecule has 1 aromatic carbocycles. The van der Waals surface area contributed by atoms with Gasteiger partial charge < -0.3 is 4.84 Å². The molecule has 6 nitrogen and oxygen atoms in total. The number of hydrogen-bond acceptors (Lipinski definition) is 6. The Morgan fingerprint density at radius 2 is 1.96 bits per heavy atom. The van der Waals surface area contributed by atoms with E-state index in [9.17, 15) is 14.4 Å². The molecule has 2 aromatic rings. The Kier molecular flexibility index (Phi) is 3.47. The summed E-state index contributed by atoms with van der Waals surface area (Å²) in [5.74, 6) is -2.57. The van der Waals surface area contributed by atoms with Gasteiger partial charge in [0.05, 0.1) is 15.6 Å². The van der Waals surface area contributed by atoms with Crippen molar-refractivity contribution < 1.29 is 19.2 Å². The van der Waals surface area contributed by atoms with Gasteiger partial charge in [-0.3, -0.25) is 14.4 Å². The van der Waals surface area contributed by atoms with Gasteiger partial charge >= 0.3 is 0 Å². The van der Waals surface area contributed by atoms with Crippen LogP contribution in [0, 0.1) is 5.92 Å². The molecule has 1 saturated heterocycles. The monoisotopic (exact) mass is 360 g/mol. The third-order valence-corrected chi connectivity index (χ3v) is 5.07. The third kappa shape index (κ3) is 2.09. The summed E-state index contributed by atoms with van der Waals surface area (Å²) >= 11 is 7.33. The minimum Gasteiger partial charge on any atom is -0.381 e. The van der Waals surface area contributed by atoms with E-state index in [0.717, 1.165) is 4.90 Å². The SMILES string of the molecule is O=C(C1=NO[C@@H]2C(=O)N(c3ccccc3Cl)C(=O)[C@H]12)c1cccs1. The highest BCUT2D eigenvalue weighted by Crippen LogP contribution is 2.37. The van der Waals surface area contributed by atoms with E-state index in [1.165, 1.54) is 11.3 Å². The summed E-state index contributed by atoms with van der Waals surface area (Å²) in [6.07, 6.45) is -1.12. The van der Waals surface area contributed by atoms with E-state index in [1.807, 2.05) is 0 Å². The van der Waals surface area contributed by atoms with E-state index in [0.29, 0.717) is 4.88 Å². The van der Waals surface area contributed by atoms with Crippen molar-refractivity contribution in [2.24, 2.45) is 11.1 Å². The molecule has 2 amide bonds. The molecule has 2 atom stereocenters. The number of oxime groups is 1. The lowest BCUT2D eigenvalue weighted by atomic mass is 9.96. The van der Waals surface area contributed by atoms with Gasteiger partial charge in [0.25, 0.3) is 5.91 Å². The zero-order valence-corrected chi connectivity index (χ0v) is 13.6. The maximum atomic E-state index is 12.8. The lowest BCUT2D eigenvalue weighted by Gasteiger charge is -2.16. The van der Waals surface area contributed by atoms with Crippen molar-refractivity contribution in [1.82, 2.24) is 0 Å². The number of ketones is 1. The van der Waals surface area contributed by atoms with Crippen molar-refractivity contribution in [2.75, 3.05) is 4.90 Å². The Morgan fingerprint density at radius 1 is 1.17 bits per heavy atom. The van der Waals surface area contributed by atoms with E-state index < -0.39 is 29.6 Å². The van der Waals surface area contributed by atoms with Crippen molar-refractivity contribution in [3.63, 3.8) is 0 Å². The third-order valence-electron chi connectivity index (χ3n) is 3.88. The van der Waals surface area contributed by atoms with Gasteiger partial charge in [-0.05, 0) is 23.6 Å². The Bertz CT molecular complexity index is 893. The number of nitrogens with zero attached hydrogens (tertiary/aromatic N) is 2. The molecule has 8 heteroatoms. The molecule has 0 aliphatic carbocycles. The summed E-state index contributed by atoms with van der Waals surface area (Å²) in [5, 5.41) is 5.71. The Balaban J connectivity index is 1.70. The minimum atomic E-state index is -1.12. The quantitative estimate of drug-likeness (QED) is 0.622. The number of hydrogen-bond donors (Lipinski definition) is 0. The first-order chi connectivity index (χ1) is 11.6. The maximum Gasteiger partial charge on any atom is 0.279 e. The van der Waals surface area contributed by atoms with Gasteiger partial charge in [0, 0.05) is 0 Å². The lowest BCUT2D eigenvalue weighted by Crippen LogP contribution is -2.34. The Hall–Kier alpha value is -2.51. The number of benzene rings is 1. The van der Waals surface area contributed by atoms with E-state index in [-0.39, 0.29) is 16.4 Å². The number of fused-ring (bicyclic) bond motifs is 1. The fraction of sp³-hybridized carbons (Fsp3) is 0.125. The first-order valence-corrected chi connectivity index (χ1v) is 8.29. The highest BCUT2D eigenvalue weighted by atomic mass is 35.5. The second-order valence-corrected chi connectivity index (χ2v) is 6.60. The molecule has 0 spiro atoms. The molecular weight excluding hydrogens is 352 g/mol. The van der Waals surface area contributed by atoms with Crippen LogP contribution in [0.5, 0.6) is 0 Å². The second kappa shape index (κ2) is 5.54. The predicted octanol–water partition coefficient (Wildman–Crippen LogP) is 2.53. The van der Waals surface area contributed by atoms with Crippen LogP contribution in [0.25, 0.3) is 0 Å². The molecule has 120 valence electrons. The molecule has 2 aliphatic rings. The van der Waals surface area contributed by atoms with Crippen LogP contribution in [0.15, 0.2) is 46.9 Å². The molecular formula is C16H9ClN2O4S. The van der Waals surface area contributed by atoms with E-state index in [1.54, 1.807) is 41.8 Å². The van der Waals surface area contributed by atoms with Crippen LogP contribution in [0.1, 0.15) is 9.67 Å². The molecule has 2 aliphatic heterocycles. The van der Waals surface area contributed by atoms with Crippen molar-refractivity contribution in [1.29, 1.82) is 0 Å². The van der Waals surface area contributed by atoms with Crippen molar-refractivity contribution in [2.45, 2.75) is 6.10 Å². The van der Waals surface area contributed by atoms with Gasteiger partial charge in [0.15, 0.2) is 0 Å². The summed E-state index contributed by atoms with van der Waals surface area (Å²) in [6.45, 7) is 0. The number of amides is 2. The number of imide groups is 1. The molecule has 3 heterocycles. The molecule has 1 aromatic heterocycles. The van der Waals surface area contributed by atoms with E-state index in [4.69, 9.17) is 16.4 Å². The van der Waals surface area contributed by atoms with Gasteiger partial charge in [-0.25, -0.2) is 4.90 Å². The molecule has 0 bridgehead atoms. The second-order valence-electron chi connectivity index (χ2n) is 5.25. The van der Waals surface area contributed by atoms with Crippen molar-refractivity contribution in [3.05, 3.63) is 51.7 Å². The first-order valence-electron chi connectivity index (χ1n) is 7.04. The molecule has 24 heavy (non-hydrogen) atoms. The number of carbonyl (C=O) groups is 3. The number of anilines is 1. The van der Waals surface area contributed by atoms with Crippen LogP contribution < -0.4 is 4.90 Å². The van der Waals surface area contributed by atoms with Gasteiger partial charge in [0.2, 0.25) is 17.8 Å². The lowest BCUT2D eigenvalue weighted by molar-refractivity contribution is -0.126. The summed E-state index contributed by atoms with van der Waals surface area (Å²) in [5.41, 5.74) is 0.227. The molecule has 0 N–H and O–H groups in total. The number of carbonyl (C=O) groups excluding carboxylic acids is 3. The number of Topliss-reactive ketones (excluding diaryl/α,β-unsaturated/α-hetero) is 1. The Labute approximate surface area is 145 Å². The number of rotatable bonds is 3. The molecule has 4 rings (SSSR count). The predicted molar refractivity (Wildman–Crippen MR) is 88.4 cm³/mol. The van der Waals surface area contributed by atoms with Crippen LogP contribution in [0.4, 0.5) is 5.69 Å². The zero-order valence-electron chi connectivity index (χ0n) is 12.0. The van der Waals surface area contributed by atoms with Crippen LogP contribution in [0.2, 0.25) is 5.02 Å². The van der Waals surface area contributed by atoms with Gasteiger partial charge in [0.1, 0.15) is 11.6 Å². The van der Waals surface area contributed by atoms with Crippen LogP contribution in [-0.2, 0) is 14.4 Å². The molecule has 0 unspecified atom stereocenters. The number of para-hydroxylation sites is 1. The number of halogens is 1. The Morgan fingerprint density at radius 3 is 2.67 bits per heavy atom. The first kappa shape index (κ1) is 15.0. The molecule has 0 radical (unpaired) electrons. The van der Waals surface area contributed by atoms with Crippen molar-refractivity contribution in [3.8, 4) is 0 Å². The van der Waals surface area contributed by atoms with Gasteiger partial charge in [-0.2, -0.15) is 0 Å². The fourth-order valence-electron chi connectivity index (χ4n) is 2.77.